The molecule has 1 aromatic rings. The first-order valence-electron chi connectivity index (χ1n) is 6.60. The standard InChI is InChI=1S/C14H21N3OS/c1-19-14(8-4-5-9-14)10-16-13(18)11-6-2-3-7-12(11)17-15/h2-3,6-7,17H,4-5,8-10,15H2,1H3,(H,16,18). The molecular weight excluding hydrogens is 258 g/mol. The minimum atomic E-state index is -0.0612. The summed E-state index contributed by atoms with van der Waals surface area (Å²) in [6, 6.07) is 7.28. The lowest BCUT2D eigenvalue weighted by Crippen LogP contribution is -2.38. The molecule has 1 saturated carbocycles. The highest BCUT2D eigenvalue weighted by Gasteiger charge is 2.33. The van der Waals surface area contributed by atoms with Crippen LogP contribution in [0.15, 0.2) is 24.3 Å². The van der Waals surface area contributed by atoms with Gasteiger partial charge in [-0.1, -0.05) is 25.0 Å². The lowest BCUT2D eigenvalue weighted by Gasteiger charge is -2.27. The molecule has 5 heteroatoms. The van der Waals surface area contributed by atoms with Crippen LogP contribution in [0.5, 0.6) is 0 Å². The van der Waals surface area contributed by atoms with Gasteiger partial charge in [0.25, 0.3) is 5.91 Å². The van der Waals surface area contributed by atoms with E-state index in [2.05, 4.69) is 17.0 Å². The number of carbonyl (C=O) groups excluding carboxylic acids is 1. The van der Waals surface area contributed by atoms with E-state index in [9.17, 15) is 4.79 Å². The summed E-state index contributed by atoms with van der Waals surface area (Å²) in [5.41, 5.74) is 3.82. The number of thioether (sulfide) groups is 1. The number of carbonyl (C=O) groups is 1. The quantitative estimate of drug-likeness (QED) is 0.572. The average Bonchev–Trinajstić information content (AvgIpc) is 2.94. The zero-order valence-electron chi connectivity index (χ0n) is 11.2. The summed E-state index contributed by atoms with van der Waals surface area (Å²) in [5, 5.41) is 3.05. The maximum absolute atomic E-state index is 12.2. The van der Waals surface area contributed by atoms with Crippen molar-refractivity contribution in [1.82, 2.24) is 5.32 Å². The largest absolute Gasteiger partial charge is 0.351 e. The van der Waals surface area contributed by atoms with Crippen LogP contribution in [0.3, 0.4) is 0 Å². The van der Waals surface area contributed by atoms with Crippen LogP contribution in [0.25, 0.3) is 0 Å². The first-order chi connectivity index (χ1) is 9.21. The molecule has 0 heterocycles. The second kappa shape index (κ2) is 6.30. The van der Waals surface area contributed by atoms with Gasteiger partial charge in [0.2, 0.25) is 0 Å². The highest BCUT2D eigenvalue weighted by molar-refractivity contribution is 8.00. The van der Waals surface area contributed by atoms with Gasteiger partial charge in [-0.2, -0.15) is 11.8 Å². The van der Waals surface area contributed by atoms with E-state index >= 15 is 0 Å². The van der Waals surface area contributed by atoms with E-state index in [0.717, 1.165) is 6.54 Å². The number of hydrogen-bond acceptors (Lipinski definition) is 4. The first-order valence-corrected chi connectivity index (χ1v) is 7.82. The zero-order valence-corrected chi connectivity index (χ0v) is 12.1. The van der Waals surface area contributed by atoms with Crippen molar-refractivity contribution in [1.29, 1.82) is 0 Å². The number of anilines is 1. The second-order valence-electron chi connectivity index (χ2n) is 4.97. The van der Waals surface area contributed by atoms with Crippen LogP contribution < -0.4 is 16.6 Å². The monoisotopic (exact) mass is 279 g/mol. The van der Waals surface area contributed by atoms with E-state index in [1.54, 1.807) is 12.1 Å². The van der Waals surface area contributed by atoms with Gasteiger partial charge in [-0.15, -0.1) is 0 Å². The van der Waals surface area contributed by atoms with Crippen LogP contribution in [0.2, 0.25) is 0 Å². The molecule has 0 spiro atoms. The molecule has 4 N–H and O–H groups in total. The number of para-hydroxylation sites is 1. The molecule has 0 bridgehead atoms. The Morgan fingerprint density at radius 3 is 2.68 bits per heavy atom. The zero-order chi connectivity index (χ0) is 13.7. The molecule has 4 nitrogen and oxygen atoms in total. The number of hydrogen-bond donors (Lipinski definition) is 3. The molecule has 0 atom stereocenters. The van der Waals surface area contributed by atoms with Crippen molar-refractivity contribution in [2.24, 2.45) is 5.84 Å². The summed E-state index contributed by atoms with van der Waals surface area (Å²) >= 11 is 1.87. The third kappa shape index (κ3) is 3.22. The topological polar surface area (TPSA) is 67.2 Å². The third-order valence-electron chi connectivity index (χ3n) is 3.85. The number of nitrogens with one attached hydrogen (secondary N) is 2. The number of rotatable bonds is 5. The van der Waals surface area contributed by atoms with E-state index < -0.39 is 0 Å². The molecule has 1 aliphatic rings. The fourth-order valence-corrected chi connectivity index (χ4v) is 3.53. The van der Waals surface area contributed by atoms with Crippen molar-refractivity contribution >= 4 is 23.4 Å². The molecule has 2 rings (SSSR count). The Balaban J connectivity index is 2.01. The van der Waals surface area contributed by atoms with Gasteiger partial charge in [0, 0.05) is 11.3 Å². The third-order valence-corrected chi connectivity index (χ3v) is 5.26. The van der Waals surface area contributed by atoms with Crippen LogP contribution in [0.4, 0.5) is 5.69 Å². The van der Waals surface area contributed by atoms with E-state index in [1.807, 2.05) is 23.9 Å². The van der Waals surface area contributed by atoms with Gasteiger partial charge >= 0.3 is 0 Å². The Morgan fingerprint density at radius 1 is 1.37 bits per heavy atom. The summed E-state index contributed by atoms with van der Waals surface area (Å²) in [6.07, 6.45) is 7.03. The molecule has 1 aromatic carbocycles. The lowest BCUT2D eigenvalue weighted by atomic mass is 10.1. The summed E-state index contributed by atoms with van der Waals surface area (Å²) in [6.45, 7) is 0.728. The molecule has 104 valence electrons. The van der Waals surface area contributed by atoms with Gasteiger partial charge in [-0.25, -0.2) is 0 Å². The number of nitrogen functional groups attached to an aromatic ring is 1. The molecule has 0 radical (unpaired) electrons. The molecule has 1 fully saturated rings. The highest BCUT2D eigenvalue weighted by atomic mass is 32.2. The smallest absolute Gasteiger partial charge is 0.253 e. The SMILES string of the molecule is CSC1(CNC(=O)c2ccccc2NN)CCCC1. The van der Waals surface area contributed by atoms with Crippen molar-refractivity contribution in [2.75, 3.05) is 18.2 Å². The van der Waals surface area contributed by atoms with Gasteiger partial charge in [-0.05, 0) is 31.2 Å². The number of benzene rings is 1. The predicted octanol–water partition coefficient (Wildman–Crippen LogP) is 2.38. The molecule has 1 aliphatic carbocycles. The minimum Gasteiger partial charge on any atom is -0.351 e. The van der Waals surface area contributed by atoms with Crippen molar-refractivity contribution in [3.63, 3.8) is 0 Å². The molecule has 0 unspecified atom stereocenters. The maximum atomic E-state index is 12.2. The summed E-state index contributed by atoms with van der Waals surface area (Å²) in [4.78, 5) is 12.2. The fraction of sp³-hybridized carbons (Fsp3) is 0.500. The van der Waals surface area contributed by atoms with E-state index in [4.69, 9.17) is 5.84 Å². The number of amides is 1. The van der Waals surface area contributed by atoms with Crippen molar-refractivity contribution in [3.8, 4) is 0 Å². The molecule has 19 heavy (non-hydrogen) atoms. The van der Waals surface area contributed by atoms with E-state index in [1.165, 1.54) is 25.7 Å². The van der Waals surface area contributed by atoms with Gasteiger partial charge in [0.15, 0.2) is 0 Å². The Kier molecular flexibility index (Phi) is 4.71. The fourth-order valence-electron chi connectivity index (χ4n) is 2.62. The van der Waals surface area contributed by atoms with Gasteiger partial charge in [0.1, 0.15) is 0 Å². The molecule has 0 aromatic heterocycles. The Morgan fingerprint density at radius 2 is 2.05 bits per heavy atom. The second-order valence-corrected chi connectivity index (χ2v) is 6.24. The van der Waals surface area contributed by atoms with Crippen molar-refractivity contribution < 1.29 is 4.79 Å². The van der Waals surface area contributed by atoms with E-state index in [-0.39, 0.29) is 10.7 Å². The van der Waals surface area contributed by atoms with Crippen LogP contribution in [-0.4, -0.2) is 23.5 Å². The van der Waals surface area contributed by atoms with Crippen molar-refractivity contribution in [3.05, 3.63) is 29.8 Å². The lowest BCUT2D eigenvalue weighted by molar-refractivity contribution is 0.0950. The van der Waals surface area contributed by atoms with Crippen LogP contribution in [0.1, 0.15) is 36.0 Å². The Labute approximate surface area is 118 Å². The van der Waals surface area contributed by atoms with Crippen LogP contribution >= 0.6 is 11.8 Å². The molecular formula is C14H21N3OS. The number of nitrogens with two attached hydrogens (primary N) is 1. The maximum Gasteiger partial charge on any atom is 0.253 e. The van der Waals surface area contributed by atoms with Crippen LogP contribution in [0, 0.1) is 0 Å². The predicted molar refractivity (Wildman–Crippen MR) is 81.3 cm³/mol. The summed E-state index contributed by atoms with van der Waals surface area (Å²) in [5.74, 6) is 5.36. The highest BCUT2D eigenvalue weighted by Crippen LogP contribution is 2.39. The minimum absolute atomic E-state index is 0.0612. The molecule has 0 aliphatic heterocycles. The Hall–Kier alpha value is -1.20. The van der Waals surface area contributed by atoms with Crippen molar-refractivity contribution in [2.45, 2.75) is 30.4 Å². The first kappa shape index (κ1) is 14.2. The molecule has 0 saturated heterocycles. The van der Waals surface area contributed by atoms with Gasteiger partial charge < -0.3 is 10.7 Å². The number of hydrazine groups is 1. The normalized spacial score (nSPS) is 17.2. The average molecular weight is 279 g/mol. The molecule has 1 amide bonds. The van der Waals surface area contributed by atoms with E-state index in [0.29, 0.717) is 11.3 Å². The summed E-state index contributed by atoms with van der Waals surface area (Å²) < 4.78 is 0.223. The van der Waals surface area contributed by atoms with Gasteiger partial charge in [-0.3, -0.25) is 10.6 Å². The van der Waals surface area contributed by atoms with Gasteiger partial charge in [0.05, 0.1) is 11.3 Å². The van der Waals surface area contributed by atoms with Crippen LogP contribution in [-0.2, 0) is 0 Å². The Bertz CT molecular complexity index is 444. The summed E-state index contributed by atoms with van der Waals surface area (Å²) in [7, 11) is 0.